The molecule has 0 nitrogen and oxygen atoms in total. The predicted octanol–water partition coefficient (Wildman–Crippen LogP) is 2.58. The first-order chi connectivity index (χ1) is 3.91. The van der Waals surface area contributed by atoms with Crippen LogP contribution in [0.25, 0.3) is 0 Å². The quantitative estimate of drug-likeness (QED) is 0.398. The lowest BCUT2D eigenvalue weighted by molar-refractivity contribution is 0.701. The van der Waals surface area contributed by atoms with E-state index in [1.54, 1.807) is 0 Å². The van der Waals surface area contributed by atoms with Gasteiger partial charge in [-0.2, -0.15) is 0 Å². The molecular weight excluding hydrogens is 118 g/mol. The molecule has 0 fully saturated rings. The molecule has 0 bridgehead atoms. The summed E-state index contributed by atoms with van der Waals surface area (Å²) in [5, 5.41) is 0. The molecule has 0 aliphatic carbocycles. The zero-order chi connectivity index (χ0) is 6.24. The molecule has 0 aliphatic rings. The van der Waals surface area contributed by atoms with Crippen LogP contribution >= 0.6 is 11.5 Å². The van der Waals surface area contributed by atoms with Crippen LogP contribution in [0.4, 0.5) is 0 Å². The molecule has 48 valence electrons. The van der Waals surface area contributed by atoms with Gasteiger partial charge >= 0.3 is 0 Å². The summed E-state index contributed by atoms with van der Waals surface area (Å²) in [6.07, 6.45) is 6.57. The molecule has 0 saturated carbocycles. The molecule has 0 spiro atoms. The number of unbranched alkanes of at least 4 members (excludes halogenated alkanes) is 3. The highest BCUT2D eigenvalue weighted by atomic mass is 35.5. The van der Waals surface area contributed by atoms with Gasteiger partial charge in [-0.1, -0.05) is 38.9 Å². The molecule has 0 unspecified atom stereocenters. The lowest BCUT2D eigenvalue weighted by Crippen LogP contribution is -1.78. The first-order valence-electron chi connectivity index (χ1n) is 3.47. The van der Waals surface area contributed by atoms with Gasteiger partial charge in [0.25, 0.3) is 0 Å². The molecule has 0 aliphatic heterocycles. The van der Waals surface area contributed by atoms with Gasteiger partial charge in [-0.15, -0.1) is 0 Å². The first kappa shape index (κ1) is 8.35. The van der Waals surface area contributed by atoms with Crippen LogP contribution in [0.2, 0.25) is 6.32 Å². The minimum Gasteiger partial charge on any atom is -0.201 e. The second-order valence-electron chi connectivity index (χ2n) is 2.10. The van der Waals surface area contributed by atoms with Gasteiger partial charge in [-0.25, -0.2) is 11.5 Å². The van der Waals surface area contributed by atoms with E-state index >= 15 is 0 Å². The first-order valence-corrected chi connectivity index (χ1v) is 4.01. The Morgan fingerprint density at radius 1 is 1.25 bits per heavy atom. The van der Waals surface area contributed by atoms with E-state index in [-0.39, 0.29) is 0 Å². The molecular formula is C6H14BCl. The Morgan fingerprint density at radius 2 is 2.00 bits per heavy atom. The zero-order valence-corrected chi connectivity index (χ0v) is 6.38. The van der Waals surface area contributed by atoms with Crippen molar-refractivity contribution in [3.05, 3.63) is 0 Å². The third-order valence-electron chi connectivity index (χ3n) is 1.24. The summed E-state index contributed by atoms with van der Waals surface area (Å²) in [6, 6.07) is 0. The van der Waals surface area contributed by atoms with Crippen LogP contribution in [-0.2, 0) is 0 Å². The van der Waals surface area contributed by atoms with Crippen LogP contribution in [-0.4, -0.2) is 6.69 Å². The van der Waals surface area contributed by atoms with Gasteiger partial charge in [-0.05, 0) is 0 Å². The Balaban J connectivity index is 2.53. The molecule has 0 atom stereocenters. The molecule has 0 aromatic rings. The van der Waals surface area contributed by atoms with Crippen molar-refractivity contribution in [3.8, 4) is 0 Å². The fraction of sp³-hybridized carbons (Fsp3) is 1.00. The minimum atomic E-state index is 0.837. The van der Waals surface area contributed by atoms with Crippen LogP contribution in [0.5, 0.6) is 0 Å². The summed E-state index contributed by atoms with van der Waals surface area (Å²) < 4.78 is 0. The lowest BCUT2D eigenvalue weighted by Gasteiger charge is -1.92. The normalized spacial score (nSPS) is 9.25. The van der Waals surface area contributed by atoms with Crippen LogP contribution in [0.15, 0.2) is 0 Å². The van der Waals surface area contributed by atoms with Gasteiger partial charge in [0, 0.05) is 0 Å². The van der Waals surface area contributed by atoms with E-state index in [4.69, 9.17) is 11.5 Å². The zero-order valence-electron chi connectivity index (χ0n) is 5.62. The maximum Gasteiger partial charge on any atom is 0.233 e. The Labute approximate surface area is 57.8 Å². The summed E-state index contributed by atoms with van der Waals surface area (Å²) in [5.41, 5.74) is 0. The van der Waals surface area contributed by atoms with Crippen molar-refractivity contribution < 1.29 is 0 Å². The van der Waals surface area contributed by atoms with E-state index in [9.17, 15) is 0 Å². The van der Waals surface area contributed by atoms with E-state index < -0.39 is 0 Å². The van der Waals surface area contributed by atoms with Crippen LogP contribution in [0.3, 0.4) is 0 Å². The fourth-order valence-electron chi connectivity index (χ4n) is 0.698. The molecule has 0 radical (unpaired) electrons. The second-order valence-corrected chi connectivity index (χ2v) is 2.48. The highest BCUT2D eigenvalue weighted by Crippen LogP contribution is 2.02. The van der Waals surface area contributed by atoms with Crippen LogP contribution < -0.4 is 0 Å². The van der Waals surface area contributed by atoms with Crippen LogP contribution in [0.1, 0.15) is 32.6 Å². The molecule has 0 amide bonds. The van der Waals surface area contributed by atoms with E-state index in [0.717, 1.165) is 6.69 Å². The third kappa shape index (κ3) is 6.35. The summed E-state index contributed by atoms with van der Waals surface area (Å²) in [6.45, 7) is 3.06. The van der Waals surface area contributed by atoms with Gasteiger partial charge < -0.3 is 0 Å². The largest absolute Gasteiger partial charge is 0.233 e. The number of hydrogen-bond acceptors (Lipinski definition) is 0. The van der Waals surface area contributed by atoms with E-state index in [1.807, 2.05) is 0 Å². The van der Waals surface area contributed by atoms with Crippen molar-refractivity contribution >= 4 is 18.2 Å². The Bertz CT molecular complexity index is 33.5. The Hall–Kier alpha value is 0.355. The summed E-state index contributed by atoms with van der Waals surface area (Å²) in [5.74, 6) is 0. The molecule has 0 saturated heterocycles. The van der Waals surface area contributed by atoms with E-state index in [0.29, 0.717) is 0 Å². The summed E-state index contributed by atoms with van der Waals surface area (Å²) in [4.78, 5) is 0. The minimum absolute atomic E-state index is 0.837. The molecule has 8 heavy (non-hydrogen) atoms. The molecule has 2 heteroatoms. The number of hydrogen-bond donors (Lipinski definition) is 0. The standard InChI is InChI=1S/C6H14BCl/c1-2-3-4-5-6-7-8/h7H,2-6H2,1H3. The number of rotatable bonds is 5. The van der Waals surface area contributed by atoms with Gasteiger partial charge in [0.05, 0.1) is 0 Å². The smallest absolute Gasteiger partial charge is 0.201 e. The summed E-state index contributed by atoms with van der Waals surface area (Å²) >= 11 is 5.48. The molecule has 0 N–H and O–H groups in total. The van der Waals surface area contributed by atoms with Crippen molar-refractivity contribution in [3.63, 3.8) is 0 Å². The highest BCUT2D eigenvalue weighted by molar-refractivity contribution is 6.93. The average molecular weight is 132 g/mol. The average Bonchev–Trinajstić information content (AvgIpc) is 1.81. The van der Waals surface area contributed by atoms with Gasteiger partial charge in [0.1, 0.15) is 0 Å². The summed E-state index contributed by atoms with van der Waals surface area (Å²) in [7, 11) is 0. The second kappa shape index (κ2) is 7.35. The maximum atomic E-state index is 5.48. The Morgan fingerprint density at radius 3 is 2.50 bits per heavy atom. The topological polar surface area (TPSA) is 0 Å². The van der Waals surface area contributed by atoms with Crippen molar-refractivity contribution in [1.82, 2.24) is 0 Å². The van der Waals surface area contributed by atoms with Crippen molar-refractivity contribution in [1.29, 1.82) is 0 Å². The number of halogens is 1. The third-order valence-corrected chi connectivity index (χ3v) is 1.50. The van der Waals surface area contributed by atoms with Gasteiger partial charge in [0.15, 0.2) is 0 Å². The predicted molar refractivity (Wildman–Crippen MR) is 42.0 cm³/mol. The molecule has 0 heterocycles. The van der Waals surface area contributed by atoms with Gasteiger partial charge in [0.2, 0.25) is 6.69 Å². The Kier molecular flexibility index (Phi) is 7.68. The van der Waals surface area contributed by atoms with E-state index in [2.05, 4.69) is 6.92 Å². The molecule has 0 rings (SSSR count). The molecule has 0 aromatic carbocycles. The van der Waals surface area contributed by atoms with Crippen molar-refractivity contribution in [2.24, 2.45) is 0 Å². The van der Waals surface area contributed by atoms with Crippen LogP contribution in [0, 0.1) is 0 Å². The van der Waals surface area contributed by atoms with Crippen molar-refractivity contribution in [2.45, 2.75) is 38.9 Å². The fourth-order valence-corrected chi connectivity index (χ4v) is 0.887. The SMILES string of the molecule is CCCCCCBCl. The van der Waals surface area contributed by atoms with Crippen molar-refractivity contribution in [2.75, 3.05) is 0 Å². The monoisotopic (exact) mass is 132 g/mol. The lowest BCUT2D eigenvalue weighted by atomic mass is 9.98. The van der Waals surface area contributed by atoms with Gasteiger partial charge in [-0.3, -0.25) is 0 Å². The highest BCUT2D eigenvalue weighted by Gasteiger charge is 1.86. The molecule has 0 aromatic heterocycles. The maximum absolute atomic E-state index is 5.48. The van der Waals surface area contributed by atoms with E-state index in [1.165, 1.54) is 32.0 Å².